The number of nitrogens with zero attached hydrogens (tertiary/aromatic N) is 1. The molecular weight excluding hydrogens is 376 g/mol. The lowest BCUT2D eigenvalue weighted by Crippen LogP contribution is -2.45. The fourth-order valence-corrected chi connectivity index (χ4v) is 4.29. The number of hydrogen-bond donors (Lipinski definition) is 1. The van der Waals surface area contributed by atoms with Crippen molar-refractivity contribution in [2.24, 2.45) is 0 Å². The Kier molecular flexibility index (Phi) is 5.56. The second-order valence-corrected chi connectivity index (χ2v) is 8.31. The SMILES string of the molecule is COc1cccc(N([C@H](C)C(=O)Nc2cccc3ccccc23)S(C)(=O)=O)c1. The van der Waals surface area contributed by atoms with Crippen LogP contribution in [0.3, 0.4) is 0 Å². The summed E-state index contributed by atoms with van der Waals surface area (Å²) >= 11 is 0. The lowest BCUT2D eigenvalue weighted by atomic mass is 10.1. The monoisotopic (exact) mass is 398 g/mol. The number of carbonyl (C=O) groups excluding carboxylic acids is 1. The zero-order chi connectivity index (χ0) is 20.3. The summed E-state index contributed by atoms with van der Waals surface area (Å²) in [6.45, 7) is 1.56. The maximum atomic E-state index is 12.9. The first-order chi connectivity index (χ1) is 13.3. The number of methoxy groups -OCH3 is 1. The molecule has 0 saturated carbocycles. The van der Waals surface area contributed by atoms with Gasteiger partial charge in [0.2, 0.25) is 15.9 Å². The highest BCUT2D eigenvalue weighted by atomic mass is 32.2. The van der Waals surface area contributed by atoms with E-state index in [2.05, 4.69) is 5.32 Å². The van der Waals surface area contributed by atoms with Crippen molar-refractivity contribution in [2.75, 3.05) is 23.0 Å². The molecule has 6 nitrogen and oxygen atoms in total. The molecule has 3 aromatic carbocycles. The van der Waals surface area contributed by atoms with Crippen LogP contribution < -0.4 is 14.4 Å². The van der Waals surface area contributed by atoms with Crippen LogP contribution in [-0.2, 0) is 14.8 Å². The molecule has 28 heavy (non-hydrogen) atoms. The number of sulfonamides is 1. The molecule has 0 unspecified atom stereocenters. The van der Waals surface area contributed by atoms with Crippen molar-refractivity contribution in [1.29, 1.82) is 0 Å². The molecule has 0 heterocycles. The number of ether oxygens (including phenoxy) is 1. The largest absolute Gasteiger partial charge is 0.497 e. The standard InChI is InChI=1S/C21H22N2O4S/c1-15(23(28(3,25)26)17-10-7-11-18(14-17)27-2)21(24)22-20-13-6-9-16-8-4-5-12-19(16)20/h4-15H,1-3H3,(H,22,24)/t15-/m1/s1. The third-order valence-corrected chi connectivity index (χ3v) is 5.69. The van der Waals surface area contributed by atoms with Crippen LogP contribution in [0.15, 0.2) is 66.7 Å². The van der Waals surface area contributed by atoms with E-state index in [1.807, 2.05) is 36.4 Å². The molecule has 0 aliphatic carbocycles. The number of rotatable bonds is 6. The van der Waals surface area contributed by atoms with Crippen molar-refractivity contribution < 1.29 is 17.9 Å². The Labute approximate surface area is 164 Å². The molecule has 7 heteroatoms. The third kappa shape index (κ3) is 4.09. The molecular formula is C21H22N2O4S. The van der Waals surface area contributed by atoms with Crippen LogP contribution in [0, 0.1) is 0 Å². The molecule has 1 N–H and O–H groups in total. The first-order valence-corrected chi connectivity index (χ1v) is 10.6. The number of nitrogens with one attached hydrogen (secondary N) is 1. The van der Waals surface area contributed by atoms with Crippen LogP contribution in [-0.4, -0.2) is 33.7 Å². The van der Waals surface area contributed by atoms with E-state index in [1.165, 1.54) is 7.11 Å². The van der Waals surface area contributed by atoms with Gasteiger partial charge in [0.1, 0.15) is 11.8 Å². The van der Waals surface area contributed by atoms with E-state index in [1.54, 1.807) is 37.3 Å². The van der Waals surface area contributed by atoms with Gasteiger partial charge in [-0.25, -0.2) is 8.42 Å². The summed E-state index contributed by atoms with van der Waals surface area (Å²) in [6.07, 6.45) is 1.08. The second-order valence-electron chi connectivity index (χ2n) is 6.45. The molecule has 0 spiro atoms. The van der Waals surface area contributed by atoms with Gasteiger partial charge < -0.3 is 10.1 Å². The number of amides is 1. The predicted molar refractivity (Wildman–Crippen MR) is 112 cm³/mol. The van der Waals surface area contributed by atoms with Gasteiger partial charge in [-0.1, -0.05) is 42.5 Å². The van der Waals surface area contributed by atoms with Crippen molar-refractivity contribution in [3.05, 3.63) is 66.7 Å². The van der Waals surface area contributed by atoms with E-state index in [0.29, 0.717) is 17.1 Å². The second kappa shape index (κ2) is 7.90. The highest BCUT2D eigenvalue weighted by molar-refractivity contribution is 7.92. The normalized spacial score (nSPS) is 12.4. The van der Waals surface area contributed by atoms with Crippen LogP contribution in [0.2, 0.25) is 0 Å². The smallest absolute Gasteiger partial charge is 0.248 e. The molecule has 3 rings (SSSR count). The van der Waals surface area contributed by atoms with Crippen molar-refractivity contribution in [3.63, 3.8) is 0 Å². The van der Waals surface area contributed by atoms with Gasteiger partial charge in [-0.3, -0.25) is 9.10 Å². The Morgan fingerprint density at radius 3 is 2.43 bits per heavy atom. The fraction of sp³-hybridized carbons (Fsp3) is 0.190. The third-order valence-electron chi connectivity index (χ3n) is 4.44. The topological polar surface area (TPSA) is 75.7 Å². The molecule has 3 aromatic rings. The number of carbonyl (C=O) groups is 1. The van der Waals surface area contributed by atoms with Crippen molar-refractivity contribution >= 4 is 38.1 Å². The summed E-state index contributed by atoms with van der Waals surface area (Å²) in [6, 6.07) is 18.9. The average molecular weight is 398 g/mol. The number of fused-ring (bicyclic) bond motifs is 1. The molecule has 0 bridgehead atoms. The molecule has 1 atom stereocenters. The van der Waals surface area contributed by atoms with Gasteiger partial charge in [0, 0.05) is 17.1 Å². The minimum Gasteiger partial charge on any atom is -0.497 e. The molecule has 0 saturated heterocycles. The molecule has 0 aromatic heterocycles. The molecule has 0 aliphatic rings. The van der Waals surface area contributed by atoms with Gasteiger partial charge in [0.25, 0.3) is 0 Å². The Bertz CT molecular complexity index is 1110. The lowest BCUT2D eigenvalue weighted by Gasteiger charge is -2.28. The number of hydrogen-bond acceptors (Lipinski definition) is 4. The summed E-state index contributed by atoms with van der Waals surface area (Å²) in [4.78, 5) is 12.9. The van der Waals surface area contributed by atoms with Crippen molar-refractivity contribution in [2.45, 2.75) is 13.0 Å². The predicted octanol–water partition coefficient (Wildman–Crippen LogP) is 3.64. The first-order valence-electron chi connectivity index (χ1n) is 8.73. The number of benzene rings is 3. The van der Waals surface area contributed by atoms with Crippen LogP contribution >= 0.6 is 0 Å². The van der Waals surface area contributed by atoms with E-state index in [-0.39, 0.29) is 0 Å². The maximum absolute atomic E-state index is 12.9. The van der Waals surface area contributed by atoms with Gasteiger partial charge in [-0.15, -0.1) is 0 Å². The Morgan fingerprint density at radius 1 is 1.04 bits per heavy atom. The fourth-order valence-electron chi connectivity index (χ4n) is 3.13. The van der Waals surface area contributed by atoms with Gasteiger partial charge in [0.05, 0.1) is 19.1 Å². The number of anilines is 2. The minimum absolute atomic E-state index is 0.363. The van der Waals surface area contributed by atoms with Gasteiger partial charge in [0.15, 0.2) is 0 Å². The maximum Gasteiger partial charge on any atom is 0.248 e. The van der Waals surface area contributed by atoms with E-state index < -0.39 is 22.0 Å². The Hall–Kier alpha value is -3.06. The van der Waals surface area contributed by atoms with E-state index >= 15 is 0 Å². The summed E-state index contributed by atoms with van der Waals surface area (Å²) in [7, 11) is -2.20. The van der Waals surface area contributed by atoms with Crippen LogP contribution in [0.25, 0.3) is 10.8 Å². The van der Waals surface area contributed by atoms with Gasteiger partial charge >= 0.3 is 0 Å². The quantitative estimate of drug-likeness (QED) is 0.688. The van der Waals surface area contributed by atoms with E-state index in [9.17, 15) is 13.2 Å². The first kappa shape index (κ1) is 19.7. The zero-order valence-electron chi connectivity index (χ0n) is 15.9. The summed E-state index contributed by atoms with van der Waals surface area (Å²) in [5.41, 5.74) is 0.997. The van der Waals surface area contributed by atoms with Crippen molar-refractivity contribution in [3.8, 4) is 5.75 Å². The molecule has 1 amide bonds. The molecule has 0 radical (unpaired) electrons. The Morgan fingerprint density at radius 2 is 1.71 bits per heavy atom. The minimum atomic E-state index is -3.71. The highest BCUT2D eigenvalue weighted by Gasteiger charge is 2.29. The van der Waals surface area contributed by atoms with Crippen LogP contribution in [0.4, 0.5) is 11.4 Å². The van der Waals surface area contributed by atoms with Crippen LogP contribution in [0.5, 0.6) is 5.75 Å². The Balaban J connectivity index is 1.94. The summed E-state index contributed by atoms with van der Waals surface area (Å²) < 4.78 is 31.2. The molecule has 0 fully saturated rings. The van der Waals surface area contributed by atoms with Gasteiger partial charge in [-0.05, 0) is 30.5 Å². The molecule has 0 aliphatic heterocycles. The zero-order valence-corrected chi connectivity index (χ0v) is 16.7. The summed E-state index contributed by atoms with van der Waals surface area (Å²) in [5, 5.41) is 4.73. The lowest BCUT2D eigenvalue weighted by molar-refractivity contribution is -0.116. The average Bonchev–Trinajstić information content (AvgIpc) is 2.67. The van der Waals surface area contributed by atoms with Crippen LogP contribution in [0.1, 0.15) is 6.92 Å². The van der Waals surface area contributed by atoms with E-state index in [4.69, 9.17) is 4.74 Å². The van der Waals surface area contributed by atoms with E-state index in [0.717, 1.165) is 21.3 Å². The molecule has 146 valence electrons. The highest BCUT2D eigenvalue weighted by Crippen LogP contribution is 2.27. The van der Waals surface area contributed by atoms with Gasteiger partial charge in [-0.2, -0.15) is 0 Å². The summed E-state index contributed by atoms with van der Waals surface area (Å²) in [5.74, 6) is 0.0809. The van der Waals surface area contributed by atoms with Crippen molar-refractivity contribution in [1.82, 2.24) is 0 Å².